The minimum atomic E-state index is -0.168. The summed E-state index contributed by atoms with van der Waals surface area (Å²) in [4.78, 5) is 19.7. The van der Waals surface area contributed by atoms with E-state index in [9.17, 15) is 4.79 Å². The minimum Gasteiger partial charge on any atom is -0.310 e. The fraction of sp³-hybridized carbons (Fsp3) is 0.0833. The number of carbonyl (C=O) groups is 1. The molecule has 1 N–H and O–H groups in total. The second-order valence-corrected chi connectivity index (χ2v) is 3.84. The fourth-order valence-corrected chi connectivity index (χ4v) is 1.49. The molecule has 0 bridgehead atoms. The van der Waals surface area contributed by atoms with Crippen LogP contribution in [0.25, 0.3) is 0 Å². The summed E-state index contributed by atoms with van der Waals surface area (Å²) in [6.45, 7) is 0. The van der Waals surface area contributed by atoms with Crippen LogP contribution >= 0.6 is 11.6 Å². The molecule has 0 radical (unpaired) electrons. The molecule has 0 atom stereocenters. The number of pyridine rings is 2. The molecule has 1 amide bonds. The lowest BCUT2D eigenvalue weighted by Crippen LogP contribution is -2.15. The summed E-state index contributed by atoms with van der Waals surface area (Å²) in [5.74, 6) is 0.275. The Labute approximate surface area is 104 Å². The maximum atomic E-state index is 11.7. The zero-order valence-electron chi connectivity index (χ0n) is 8.93. The SMILES string of the molecule is O=C(Cc1ccccn1)Nc1cc(Cl)ccn1. The standard InChI is InChI=1S/C12H10ClN3O/c13-9-4-6-15-11(7-9)16-12(17)8-10-3-1-2-5-14-10/h1-7H,8H2,(H,15,16,17). The van der Waals surface area contributed by atoms with E-state index in [1.165, 1.54) is 0 Å². The number of nitrogens with one attached hydrogen (secondary N) is 1. The Morgan fingerprint density at radius 2 is 2.12 bits per heavy atom. The van der Waals surface area contributed by atoms with Gasteiger partial charge in [0.25, 0.3) is 0 Å². The van der Waals surface area contributed by atoms with Gasteiger partial charge in [-0.15, -0.1) is 0 Å². The van der Waals surface area contributed by atoms with Gasteiger partial charge >= 0.3 is 0 Å². The van der Waals surface area contributed by atoms with Gasteiger partial charge in [0.1, 0.15) is 5.82 Å². The summed E-state index contributed by atoms with van der Waals surface area (Å²) in [7, 11) is 0. The number of nitrogens with zero attached hydrogens (tertiary/aromatic N) is 2. The number of hydrogen-bond donors (Lipinski definition) is 1. The van der Waals surface area contributed by atoms with Gasteiger partial charge in [-0.25, -0.2) is 4.98 Å². The summed E-state index contributed by atoms with van der Waals surface area (Å²) in [5.41, 5.74) is 0.715. The second-order valence-electron chi connectivity index (χ2n) is 3.41. The number of carbonyl (C=O) groups excluding carboxylic acids is 1. The Bertz CT molecular complexity index is 516. The Kier molecular flexibility index (Phi) is 3.67. The number of rotatable bonds is 3. The van der Waals surface area contributed by atoms with Gasteiger partial charge in [-0.1, -0.05) is 17.7 Å². The Morgan fingerprint density at radius 1 is 1.24 bits per heavy atom. The van der Waals surface area contributed by atoms with E-state index in [-0.39, 0.29) is 12.3 Å². The van der Waals surface area contributed by atoms with Crippen molar-refractivity contribution in [2.45, 2.75) is 6.42 Å². The number of aromatic nitrogens is 2. The predicted molar refractivity (Wildman–Crippen MR) is 65.8 cm³/mol. The van der Waals surface area contributed by atoms with E-state index in [0.717, 1.165) is 0 Å². The molecule has 0 aliphatic heterocycles. The Morgan fingerprint density at radius 3 is 2.82 bits per heavy atom. The first-order chi connectivity index (χ1) is 8.24. The average molecular weight is 248 g/mol. The van der Waals surface area contributed by atoms with Crippen LogP contribution in [0.1, 0.15) is 5.69 Å². The summed E-state index contributed by atoms with van der Waals surface area (Å²) >= 11 is 5.78. The summed E-state index contributed by atoms with van der Waals surface area (Å²) in [6.07, 6.45) is 3.41. The lowest BCUT2D eigenvalue weighted by Gasteiger charge is -2.03. The molecule has 0 saturated heterocycles. The molecule has 2 aromatic heterocycles. The highest BCUT2D eigenvalue weighted by Gasteiger charge is 2.05. The van der Waals surface area contributed by atoms with Crippen molar-refractivity contribution in [1.29, 1.82) is 0 Å². The molecule has 0 spiro atoms. The number of hydrogen-bond acceptors (Lipinski definition) is 3. The van der Waals surface area contributed by atoms with Crippen molar-refractivity contribution in [3.05, 3.63) is 53.4 Å². The van der Waals surface area contributed by atoms with Crippen molar-refractivity contribution >= 4 is 23.3 Å². The molecular formula is C12H10ClN3O. The maximum Gasteiger partial charge on any atom is 0.231 e. The fourth-order valence-electron chi connectivity index (χ4n) is 1.33. The van der Waals surface area contributed by atoms with Crippen molar-refractivity contribution < 1.29 is 4.79 Å². The number of anilines is 1. The number of amides is 1. The first-order valence-corrected chi connectivity index (χ1v) is 5.43. The molecule has 2 rings (SSSR count). The largest absolute Gasteiger partial charge is 0.310 e. The monoisotopic (exact) mass is 247 g/mol. The molecule has 5 heteroatoms. The first kappa shape index (κ1) is 11.5. The van der Waals surface area contributed by atoms with Crippen molar-refractivity contribution in [2.75, 3.05) is 5.32 Å². The van der Waals surface area contributed by atoms with Crippen LogP contribution in [0.3, 0.4) is 0 Å². The van der Waals surface area contributed by atoms with Crippen LogP contribution in [-0.2, 0) is 11.2 Å². The molecule has 2 aromatic rings. The van der Waals surface area contributed by atoms with Gasteiger partial charge in [-0.05, 0) is 24.3 Å². The highest BCUT2D eigenvalue weighted by molar-refractivity contribution is 6.30. The van der Waals surface area contributed by atoms with Crippen LogP contribution in [-0.4, -0.2) is 15.9 Å². The zero-order chi connectivity index (χ0) is 12.1. The lowest BCUT2D eigenvalue weighted by molar-refractivity contribution is -0.115. The van der Waals surface area contributed by atoms with Crippen molar-refractivity contribution in [3.8, 4) is 0 Å². The van der Waals surface area contributed by atoms with Crippen LogP contribution in [0.5, 0.6) is 0 Å². The average Bonchev–Trinajstić information content (AvgIpc) is 2.30. The van der Waals surface area contributed by atoms with Gasteiger partial charge in [0.2, 0.25) is 5.91 Å². The van der Waals surface area contributed by atoms with E-state index in [0.29, 0.717) is 16.5 Å². The summed E-state index contributed by atoms with van der Waals surface area (Å²) in [6, 6.07) is 8.69. The third kappa shape index (κ3) is 3.53. The van der Waals surface area contributed by atoms with Gasteiger partial charge < -0.3 is 5.32 Å². The van der Waals surface area contributed by atoms with E-state index < -0.39 is 0 Å². The van der Waals surface area contributed by atoms with E-state index in [4.69, 9.17) is 11.6 Å². The minimum absolute atomic E-state index is 0.168. The van der Waals surface area contributed by atoms with Crippen LogP contribution in [0.2, 0.25) is 5.02 Å². The van der Waals surface area contributed by atoms with Gasteiger partial charge in [0.05, 0.1) is 6.42 Å². The third-order valence-corrected chi connectivity index (χ3v) is 2.29. The van der Waals surface area contributed by atoms with Gasteiger partial charge in [0.15, 0.2) is 0 Å². The molecule has 0 fully saturated rings. The molecule has 0 aromatic carbocycles. The zero-order valence-corrected chi connectivity index (χ0v) is 9.69. The van der Waals surface area contributed by atoms with Gasteiger partial charge in [0, 0.05) is 23.1 Å². The van der Waals surface area contributed by atoms with Crippen molar-refractivity contribution in [3.63, 3.8) is 0 Å². The van der Waals surface area contributed by atoms with E-state index in [1.54, 1.807) is 36.7 Å². The van der Waals surface area contributed by atoms with E-state index in [1.807, 2.05) is 6.07 Å². The van der Waals surface area contributed by atoms with Gasteiger partial charge in [-0.2, -0.15) is 0 Å². The second kappa shape index (κ2) is 5.41. The first-order valence-electron chi connectivity index (χ1n) is 5.05. The van der Waals surface area contributed by atoms with Crippen molar-refractivity contribution in [1.82, 2.24) is 9.97 Å². The Hall–Kier alpha value is -1.94. The molecule has 0 aliphatic rings. The third-order valence-electron chi connectivity index (χ3n) is 2.06. The van der Waals surface area contributed by atoms with E-state index in [2.05, 4.69) is 15.3 Å². The molecular weight excluding hydrogens is 238 g/mol. The molecule has 0 aliphatic carbocycles. The number of halogens is 1. The molecule has 0 unspecified atom stereocenters. The normalized spacial score (nSPS) is 9.94. The smallest absolute Gasteiger partial charge is 0.231 e. The van der Waals surface area contributed by atoms with Crippen LogP contribution in [0, 0.1) is 0 Å². The molecule has 2 heterocycles. The molecule has 4 nitrogen and oxygen atoms in total. The van der Waals surface area contributed by atoms with E-state index >= 15 is 0 Å². The highest BCUT2D eigenvalue weighted by atomic mass is 35.5. The molecule has 0 saturated carbocycles. The quantitative estimate of drug-likeness (QED) is 0.906. The predicted octanol–water partition coefficient (Wildman–Crippen LogP) is 2.31. The topological polar surface area (TPSA) is 54.9 Å². The highest BCUT2D eigenvalue weighted by Crippen LogP contribution is 2.11. The maximum absolute atomic E-state index is 11.7. The summed E-state index contributed by atoms with van der Waals surface area (Å²) < 4.78 is 0. The molecule has 86 valence electrons. The van der Waals surface area contributed by atoms with Crippen molar-refractivity contribution in [2.24, 2.45) is 0 Å². The summed E-state index contributed by atoms with van der Waals surface area (Å²) in [5, 5.41) is 3.19. The van der Waals surface area contributed by atoms with Crippen LogP contribution in [0.15, 0.2) is 42.7 Å². The Balaban J connectivity index is 1.98. The molecule has 17 heavy (non-hydrogen) atoms. The van der Waals surface area contributed by atoms with Crippen LogP contribution < -0.4 is 5.32 Å². The van der Waals surface area contributed by atoms with Crippen LogP contribution in [0.4, 0.5) is 5.82 Å². The lowest BCUT2D eigenvalue weighted by atomic mass is 10.2. The van der Waals surface area contributed by atoms with Gasteiger partial charge in [-0.3, -0.25) is 9.78 Å².